The van der Waals surface area contributed by atoms with Crippen molar-refractivity contribution in [1.82, 2.24) is 9.80 Å². The van der Waals surface area contributed by atoms with Gasteiger partial charge in [0.15, 0.2) is 0 Å². The zero-order valence-electron chi connectivity index (χ0n) is 16.5. The van der Waals surface area contributed by atoms with E-state index in [0.29, 0.717) is 13.1 Å². The van der Waals surface area contributed by atoms with Crippen molar-refractivity contribution in [2.45, 2.75) is 19.9 Å². The first kappa shape index (κ1) is 20.6. The van der Waals surface area contributed by atoms with E-state index in [1.807, 2.05) is 74.8 Å². The predicted octanol–water partition coefficient (Wildman–Crippen LogP) is 3.02. The fraction of sp³-hybridized carbons (Fsp3) is 0.364. The van der Waals surface area contributed by atoms with Gasteiger partial charge in [-0.1, -0.05) is 48.5 Å². The predicted molar refractivity (Wildman–Crippen MR) is 109 cm³/mol. The highest BCUT2D eigenvalue weighted by Crippen LogP contribution is 2.17. The Bertz CT molecular complexity index is 717. The summed E-state index contributed by atoms with van der Waals surface area (Å²) in [6, 6.07) is 19.5. The van der Waals surface area contributed by atoms with Crippen molar-refractivity contribution in [3.8, 4) is 0 Å². The summed E-state index contributed by atoms with van der Waals surface area (Å²) in [5.41, 5.74) is 1.89. The van der Waals surface area contributed by atoms with Gasteiger partial charge in [-0.2, -0.15) is 0 Å². The third-order valence-electron chi connectivity index (χ3n) is 4.36. The SMILES string of the molecule is CC(=O)N(CCCN(C)C)CC(=O)N(Cc1ccccc1)c1ccccc1. The van der Waals surface area contributed by atoms with Gasteiger partial charge >= 0.3 is 0 Å². The number of nitrogens with zero attached hydrogens (tertiary/aromatic N) is 3. The Hall–Kier alpha value is -2.66. The van der Waals surface area contributed by atoms with E-state index < -0.39 is 0 Å². The summed E-state index contributed by atoms with van der Waals surface area (Å²) >= 11 is 0. The van der Waals surface area contributed by atoms with Gasteiger partial charge in [0.1, 0.15) is 6.54 Å². The topological polar surface area (TPSA) is 43.9 Å². The minimum Gasteiger partial charge on any atom is -0.334 e. The van der Waals surface area contributed by atoms with Crippen LogP contribution >= 0.6 is 0 Å². The second-order valence-electron chi connectivity index (χ2n) is 6.90. The first-order valence-electron chi connectivity index (χ1n) is 9.27. The summed E-state index contributed by atoms with van der Waals surface area (Å²) in [4.78, 5) is 30.5. The van der Waals surface area contributed by atoms with Crippen LogP contribution in [0.2, 0.25) is 0 Å². The molecule has 0 unspecified atom stereocenters. The van der Waals surface area contributed by atoms with Crippen LogP contribution in [-0.4, -0.2) is 55.3 Å². The Balaban J connectivity index is 2.13. The maximum atomic E-state index is 13.1. The van der Waals surface area contributed by atoms with E-state index in [9.17, 15) is 9.59 Å². The Morgan fingerprint density at radius 1 is 0.852 bits per heavy atom. The highest BCUT2D eigenvalue weighted by Gasteiger charge is 2.20. The first-order chi connectivity index (χ1) is 13.0. The van der Waals surface area contributed by atoms with Crippen molar-refractivity contribution in [3.05, 3.63) is 66.2 Å². The van der Waals surface area contributed by atoms with E-state index in [2.05, 4.69) is 4.90 Å². The molecule has 0 heterocycles. The van der Waals surface area contributed by atoms with E-state index >= 15 is 0 Å². The molecule has 0 bridgehead atoms. The molecule has 5 heteroatoms. The van der Waals surface area contributed by atoms with Gasteiger partial charge in [0.25, 0.3) is 0 Å². The molecule has 0 radical (unpaired) electrons. The van der Waals surface area contributed by atoms with Gasteiger partial charge in [0.2, 0.25) is 11.8 Å². The Morgan fingerprint density at radius 3 is 2.00 bits per heavy atom. The molecule has 2 aromatic rings. The number of rotatable bonds is 9. The van der Waals surface area contributed by atoms with Crippen molar-refractivity contribution in [2.24, 2.45) is 0 Å². The summed E-state index contributed by atoms with van der Waals surface area (Å²) in [6.07, 6.45) is 0.837. The molecule has 5 nitrogen and oxygen atoms in total. The molecule has 2 aromatic carbocycles. The molecule has 0 aliphatic rings. The lowest BCUT2D eigenvalue weighted by Crippen LogP contribution is -2.43. The van der Waals surface area contributed by atoms with Crippen LogP contribution in [0.25, 0.3) is 0 Å². The van der Waals surface area contributed by atoms with Crippen LogP contribution < -0.4 is 4.90 Å². The molecule has 144 valence electrons. The smallest absolute Gasteiger partial charge is 0.246 e. The quantitative estimate of drug-likeness (QED) is 0.684. The summed E-state index contributed by atoms with van der Waals surface area (Å²) < 4.78 is 0. The van der Waals surface area contributed by atoms with Gasteiger partial charge in [0, 0.05) is 19.2 Å². The van der Waals surface area contributed by atoms with Crippen LogP contribution in [0.4, 0.5) is 5.69 Å². The average molecular weight is 367 g/mol. The van der Waals surface area contributed by atoms with Crippen LogP contribution in [0, 0.1) is 0 Å². The molecule has 0 N–H and O–H groups in total. The average Bonchev–Trinajstić information content (AvgIpc) is 2.66. The van der Waals surface area contributed by atoms with Crippen molar-refractivity contribution in [3.63, 3.8) is 0 Å². The summed E-state index contributed by atoms with van der Waals surface area (Å²) in [6.45, 7) is 3.54. The van der Waals surface area contributed by atoms with Gasteiger partial charge in [-0.15, -0.1) is 0 Å². The lowest BCUT2D eigenvalue weighted by atomic mass is 10.2. The van der Waals surface area contributed by atoms with E-state index in [1.165, 1.54) is 6.92 Å². The number of anilines is 1. The third-order valence-corrected chi connectivity index (χ3v) is 4.36. The maximum Gasteiger partial charge on any atom is 0.246 e. The van der Waals surface area contributed by atoms with E-state index in [-0.39, 0.29) is 18.4 Å². The molecule has 0 saturated heterocycles. The molecule has 0 aromatic heterocycles. The molecule has 2 rings (SSSR count). The number of hydrogen-bond donors (Lipinski definition) is 0. The normalized spacial score (nSPS) is 10.7. The van der Waals surface area contributed by atoms with Crippen molar-refractivity contribution in [1.29, 1.82) is 0 Å². The van der Waals surface area contributed by atoms with E-state index in [1.54, 1.807) is 9.80 Å². The second-order valence-corrected chi connectivity index (χ2v) is 6.90. The van der Waals surface area contributed by atoms with Crippen molar-refractivity contribution >= 4 is 17.5 Å². The number of amides is 2. The van der Waals surface area contributed by atoms with Gasteiger partial charge in [-0.25, -0.2) is 0 Å². The van der Waals surface area contributed by atoms with Gasteiger partial charge in [-0.3, -0.25) is 9.59 Å². The molecule has 0 spiro atoms. The van der Waals surface area contributed by atoms with Gasteiger partial charge in [-0.05, 0) is 44.8 Å². The van der Waals surface area contributed by atoms with E-state index in [0.717, 1.165) is 24.2 Å². The monoisotopic (exact) mass is 367 g/mol. The molecule has 0 atom stereocenters. The largest absolute Gasteiger partial charge is 0.334 e. The lowest BCUT2D eigenvalue weighted by molar-refractivity contribution is -0.133. The Morgan fingerprint density at radius 2 is 1.44 bits per heavy atom. The van der Waals surface area contributed by atoms with E-state index in [4.69, 9.17) is 0 Å². The number of carbonyl (C=O) groups excluding carboxylic acids is 2. The summed E-state index contributed by atoms with van der Waals surface area (Å²) in [5.74, 6) is -0.153. The Kier molecular flexibility index (Phi) is 8.01. The Labute approximate surface area is 162 Å². The maximum absolute atomic E-state index is 13.1. The molecular weight excluding hydrogens is 338 g/mol. The number of para-hydroxylation sites is 1. The summed E-state index contributed by atoms with van der Waals surface area (Å²) in [7, 11) is 4.00. The molecule has 0 fully saturated rings. The lowest BCUT2D eigenvalue weighted by Gasteiger charge is -2.27. The van der Waals surface area contributed by atoms with Crippen LogP contribution in [0.1, 0.15) is 18.9 Å². The second kappa shape index (κ2) is 10.5. The molecule has 2 amide bonds. The third kappa shape index (κ3) is 6.87. The minimum absolute atomic E-state index is 0.0742. The first-order valence-corrected chi connectivity index (χ1v) is 9.27. The standard InChI is InChI=1S/C22H29N3O2/c1-19(26)24(16-10-15-23(2)3)18-22(27)25(21-13-8-5-9-14-21)17-20-11-6-4-7-12-20/h4-9,11-14H,10,15-18H2,1-3H3. The zero-order valence-corrected chi connectivity index (χ0v) is 16.5. The summed E-state index contributed by atoms with van der Waals surface area (Å²) in [5, 5.41) is 0. The fourth-order valence-electron chi connectivity index (χ4n) is 2.87. The number of carbonyl (C=O) groups is 2. The van der Waals surface area contributed by atoms with Crippen LogP contribution in [0.5, 0.6) is 0 Å². The zero-order chi connectivity index (χ0) is 19.6. The van der Waals surface area contributed by atoms with Crippen LogP contribution in [-0.2, 0) is 16.1 Å². The van der Waals surface area contributed by atoms with Gasteiger partial charge < -0.3 is 14.7 Å². The molecule has 0 saturated carbocycles. The van der Waals surface area contributed by atoms with Gasteiger partial charge in [0.05, 0.1) is 6.54 Å². The fourth-order valence-corrected chi connectivity index (χ4v) is 2.87. The van der Waals surface area contributed by atoms with Crippen molar-refractivity contribution < 1.29 is 9.59 Å². The minimum atomic E-state index is -0.0786. The van der Waals surface area contributed by atoms with Crippen molar-refractivity contribution in [2.75, 3.05) is 38.6 Å². The molecular formula is C22H29N3O2. The number of hydrogen-bond acceptors (Lipinski definition) is 3. The molecule has 0 aliphatic heterocycles. The van der Waals surface area contributed by atoms with Crippen LogP contribution in [0.3, 0.4) is 0 Å². The molecule has 0 aliphatic carbocycles. The highest BCUT2D eigenvalue weighted by atomic mass is 16.2. The highest BCUT2D eigenvalue weighted by molar-refractivity contribution is 5.96. The van der Waals surface area contributed by atoms with Crippen LogP contribution in [0.15, 0.2) is 60.7 Å². The number of benzene rings is 2. The molecule has 27 heavy (non-hydrogen) atoms.